The number of hydrogen-bond acceptors (Lipinski definition) is 4. The van der Waals surface area contributed by atoms with Crippen LogP contribution in [0.4, 0.5) is 0 Å². The molecule has 1 aromatic heterocycles. The Balaban J connectivity index is 2.09. The van der Waals surface area contributed by atoms with Crippen LogP contribution in [0.2, 0.25) is 0 Å². The van der Waals surface area contributed by atoms with E-state index in [0.717, 1.165) is 16.9 Å². The first-order chi connectivity index (χ1) is 12.3. The van der Waals surface area contributed by atoms with E-state index in [9.17, 15) is 9.59 Å². The van der Waals surface area contributed by atoms with E-state index in [1.807, 2.05) is 44.2 Å². The minimum atomic E-state index is -0.461. The standard InChI is InChI=1S/C21H25NO4/c1-14(2)25-21(24)13-19(17-8-5-15(3)6-9-17)22-20(23)12-11-18-10-7-16(4)26-18/h5-12,14,19H,13H2,1-4H3,(H,22,23)/b12-11+. The summed E-state index contributed by atoms with van der Waals surface area (Å²) in [7, 11) is 0. The molecule has 0 bridgehead atoms. The number of hydrogen-bond donors (Lipinski definition) is 1. The van der Waals surface area contributed by atoms with Gasteiger partial charge in [0.25, 0.3) is 0 Å². The number of carbonyl (C=O) groups is 2. The normalized spacial score (nSPS) is 12.3. The molecule has 138 valence electrons. The SMILES string of the molecule is Cc1ccc(C(CC(=O)OC(C)C)NC(=O)/C=C/c2ccc(C)o2)cc1. The number of rotatable bonds is 7. The molecule has 2 rings (SSSR count). The first kappa shape index (κ1) is 19.5. The highest BCUT2D eigenvalue weighted by molar-refractivity contribution is 5.92. The Morgan fingerprint density at radius 2 is 1.81 bits per heavy atom. The molecule has 5 heteroatoms. The Labute approximate surface area is 154 Å². The number of ether oxygens (including phenoxy) is 1. The van der Waals surface area contributed by atoms with Crippen LogP contribution in [0.5, 0.6) is 0 Å². The first-order valence-corrected chi connectivity index (χ1v) is 8.64. The maximum absolute atomic E-state index is 12.3. The molecule has 26 heavy (non-hydrogen) atoms. The monoisotopic (exact) mass is 355 g/mol. The Kier molecular flexibility index (Phi) is 6.78. The van der Waals surface area contributed by atoms with Gasteiger partial charge in [-0.05, 0) is 51.5 Å². The highest BCUT2D eigenvalue weighted by atomic mass is 16.5. The van der Waals surface area contributed by atoms with Gasteiger partial charge in [0, 0.05) is 6.08 Å². The summed E-state index contributed by atoms with van der Waals surface area (Å²) in [6.45, 7) is 7.42. The predicted molar refractivity (Wildman–Crippen MR) is 100 cm³/mol. The van der Waals surface area contributed by atoms with Gasteiger partial charge in [-0.2, -0.15) is 0 Å². The van der Waals surface area contributed by atoms with Crippen LogP contribution in [-0.2, 0) is 14.3 Å². The van der Waals surface area contributed by atoms with Crippen molar-refractivity contribution in [2.24, 2.45) is 0 Å². The number of nitrogens with one attached hydrogen (secondary N) is 1. The van der Waals surface area contributed by atoms with Gasteiger partial charge in [-0.1, -0.05) is 29.8 Å². The van der Waals surface area contributed by atoms with Gasteiger partial charge in [0.15, 0.2) is 0 Å². The molecule has 1 N–H and O–H groups in total. The minimum Gasteiger partial charge on any atom is -0.463 e. The number of esters is 1. The molecule has 0 spiro atoms. The zero-order valence-corrected chi connectivity index (χ0v) is 15.6. The van der Waals surface area contributed by atoms with Crippen molar-refractivity contribution >= 4 is 18.0 Å². The van der Waals surface area contributed by atoms with E-state index in [1.54, 1.807) is 26.0 Å². The van der Waals surface area contributed by atoms with E-state index in [4.69, 9.17) is 9.15 Å². The molecule has 0 aliphatic rings. The van der Waals surface area contributed by atoms with Gasteiger partial charge in [0.1, 0.15) is 11.5 Å². The van der Waals surface area contributed by atoms with Crippen molar-refractivity contribution in [2.45, 2.75) is 46.3 Å². The second-order valence-corrected chi connectivity index (χ2v) is 6.50. The zero-order valence-electron chi connectivity index (χ0n) is 15.6. The smallest absolute Gasteiger partial charge is 0.308 e. The minimum absolute atomic E-state index is 0.0701. The van der Waals surface area contributed by atoms with Crippen LogP contribution in [0.25, 0.3) is 6.08 Å². The Morgan fingerprint density at radius 1 is 1.12 bits per heavy atom. The summed E-state index contributed by atoms with van der Waals surface area (Å²) in [5.74, 6) is 0.723. The topological polar surface area (TPSA) is 68.5 Å². The molecule has 0 saturated carbocycles. The molecule has 1 unspecified atom stereocenters. The van der Waals surface area contributed by atoms with Crippen LogP contribution in [0, 0.1) is 13.8 Å². The van der Waals surface area contributed by atoms with Crippen molar-refractivity contribution in [3.8, 4) is 0 Å². The molecule has 2 aromatic rings. The summed E-state index contributed by atoms with van der Waals surface area (Å²) in [6.07, 6.45) is 2.87. The van der Waals surface area contributed by atoms with Gasteiger partial charge in [0.05, 0.1) is 18.6 Å². The van der Waals surface area contributed by atoms with Crippen LogP contribution >= 0.6 is 0 Å². The molecule has 0 aliphatic heterocycles. The summed E-state index contributed by atoms with van der Waals surface area (Å²) < 4.78 is 10.6. The first-order valence-electron chi connectivity index (χ1n) is 8.64. The molecular weight excluding hydrogens is 330 g/mol. The molecule has 1 aromatic carbocycles. The van der Waals surface area contributed by atoms with E-state index in [1.165, 1.54) is 6.08 Å². The van der Waals surface area contributed by atoms with Crippen molar-refractivity contribution in [3.63, 3.8) is 0 Å². The Bertz CT molecular complexity index is 772. The van der Waals surface area contributed by atoms with Crippen LogP contribution in [-0.4, -0.2) is 18.0 Å². The lowest BCUT2D eigenvalue weighted by atomic mass is 10.0. The van der Waals surface area contributed by atoms with E-state index in [2.05, 4.69) is 5.32 Å². The third-order valence-electron chi connectivity index (χ3n) is 3.69. The summed E-state index contributed by atoms with van der Waals surface area (Å²) in [4.78, 5) is 24.3. The highest BCUT2D eigenvalue weighted by Crippen LogP contribution is 2.19. The van der Waals surface area contributed by atoms with Gasteiger partial charge in [-0.3, -0.25) is 9.59 Å². The third kappa shape index (κ3) is 6.24. The molecular formula is C21H25NO4. The summed E-state index contributed by atoms with van der Waals surface area (Å²) in [6, 6.07) is 10.9. The maximum atomic E-state index is 12.3. The fourth-order valence-electron chi connectivity index (χ4n) is 2.45. The molecule has 5 nitrogen and oxygen atoms in total. The summed E-state index contributed by atoms with van der Waals surface area (Å²) >= 11 is 0. The molecule has 1 heterocycles. The number of furan rings is 1. The van der Waals surface area contributed by atoms with E-state index >= 15 is 0 Å². The number of benzene rings is 1. The van der Waals surface area contributed by atoms with Crippen molar-refractivity contribution in [1.29, 1.82) is 0 Å². The summed E-state index contributed by atoms with van der Waals surface area (Å²) in [5.41, 5.74) is 1.96. The molecule has 0 saturated heterocycles. The van der Waals surface area contributed by atoms with Crippen molar-refractivity contribution in [2.75, 3.05) is 0 Å². The molecule has 1 atom stereocenters. The number of aryl methyl sites for hydroxylation is 2. The fraction of sp³-hybridized carbons (Fsp3) is 0.333. The average molecular weight is 355 g/mol. The Hall–Kier alpha value is -2.82. The summed E-state index contributed by atoms with van der Waals surface area (Å²) in [5, 5.41) is 2.87. The lowest BCUT2D eigenvalue weighted by Gasteiger charge is -2.19. The van der Waals surface area contributed by atoms with Crippen LogP contribution in [0.1, 0.15) is 49.0 Å². The maximum Gasteiger partial charge on any atom is 0.308 e. The van der Waals surface area contributed by atoms with Gasteiger partial charge in [0.2, 0.25) is 5.91 Å². The number of carbonyl (C=O) groups excluding carboxylic acids is 2. The van der Waals surface area contributed by atoms with E-state index < -0.39 is 6.04 Å². The Morgan fingerprint density at radius 3 is 2.38 bits per heavy atom. The van der Waals surface area contributed by atoms with Crippen molar-refractivity contribution < 1.29 is 18.7 Å². The highest BCUT2D eigenvalue weighted by Gasteiger charge is 2.19. The largest absolute Gasteiger partial charge is 0.463 e. The van der Waals surface area contributed by atoms with Crippen LogP contribution < -0.4 is 5.32 Å². The van der Waals surface area contributed by atoms with Crippen molar-refractivity contribution in [3.05, 3.63) is 65.1 Å². The molecule has 0 radical (unpaired) electrons. The third-order valence-corrected chi connectivity index (χ3v) is 3.69. The molecule has 1 amide bonds. The lowest BCUT2D eigenvalue weighted by Crippen LogP contribution is -2.29. The predicted octanol–water partition coefficient (Wildman–Crippen LogP) is 4.11. The second-order valence-electron chi connectivity index (χ2n) is 6.50. The average Bonchev–Trinajstić information content (AvgIpc) is 2.98. The van der Waals surface area contributed by atoms with Crippen LogP contribution in [0.3, 0.4) is 0 Å². The van der Waals surface area contributed by atoms with Gasteiger partial charge < -0.3 is 14.5 Å². The van der Waals surface area contributed by atoms with E-state index in [-0.39, 0.29) is 24.4 Å². The molecule has 0 aliphatic carbocycles. The van der Waals surface area contributed by atoms with E-state index in [0.29, 0.717) is 5.76 Å². The van der Waals surface area contributed by atoms with Gasteiger partial charge >= 0.3 is 5.97 Å². The quantitative estimate of drug-likeness (QED) is 0.599. The fourth-order valence-corrected chi connectivity index (χ4v) is 2.45. The second kappa shape index (κ2) is 9.04. The lowest BCUT2D eigenvalue weighted by molar-refractivity contribution is -0.148. The molecule has 0 fully saturated rings. The zero-order chi connectivity index (χ0) is 19.1. The van der Waals surface area contributed by atoms with Crippen LogP contribution in [0.15, 0.2) is 46.9 Å². The van der Waals surface area contributed by atoms with Gasteiger partial charge in [-0.25, -0.2) is 0 Å². The van der Waals surface area contributed by atoms with Crippen molar-refractivity contribution in [1.82, 2.24) is 5.32 Å². The van der Waals surface area contributed by atoms with Gasteiger partial charge in [-0.15, -0.1) is 0 Å². The number of amides is 1.